The number of rotatable bonds is 6. The predicted molar refractivity (Wildman–Crippen MR) is 84.8 cm³/mol. The Labute approximate surface area is 135 Å². The number of nitrogens with one attached hydrogen (secondary N) is 1. The van der Waals surface area contributed by atoms with E-state index in [1.165, 1.54) is 23.1 Å². The lowest BCUT2D eigenvalue weighted by atomic mass is 10.3. The smallest absolute Gasteiger partial charge is 0.226 e. The number of para-hydroxylation sites is 2. The lowest BCUT2D eigenvalue weighted by molar-refractivity contribution is 0.417. The highest BCUT2D eigenvalue weighted by molar-refractivity contribution is 8.00. The van der Waals surface area contributed by atoms with Crippen LogP contribution < -0.4 is 10.1 Å². The molecule has 0 amide bonds. The molecule has 1 N–H and O–H groups in total. The zero-order chi connectivity index (χ0) is 15.4. The van der Waals surface area contributed by atoms with Gasteiger partial charge in [-0.25, -0.2) is 0 Å². The first-order valence-electron chi connectivity index (χ1n) is 6.40. The summed E-state index contributed by atoms with van der Waals surface area (Å²) in [6.45, 7) is 1.77. The van der Waals surface area contributed by atoms with E-state index in [9.17, 15) is 0 Å². The first kappa shape index (κ1) is 14.8. The van der Waals surface area contributed by atoms with E-state index in [-0.39, 0.29) is 0 Å². The summed E-state index contributed by atoms with van der Waals surface area (Å²) in [7, 11) is 1.63. The third-order valence-corrected chi connectivity index (χ3v) is 4.60. The van der Waals surface area contributed by atoms with E-state index in [0.717, 1.165) is 15.8 Å². The lowest BCUT2D eigenvalue weighted by Gasteiger charge is -2.07. The van der Waals surface area contributed by atoms with Crippen LogP contribution in [0.1, 0.15) is 11.8 Å². The minimum atomic E-state index is 0.561. The van der Waals surface area contributed by atoms with Crippen LogP contribution in [-0.2, 0) is 5.75 Å². The predicted octanol–water partition coefficient (Wildman–Crippen LogP) is 3.27. The summed E-state index contributed by atoms with van der Waals surface area (Å²) in [5.74, 6) is 2.47. The minimum absolute atomic E-state index is 0.561. The Morgan fingerprint density at radius 1 is 1.23 bits per heavy atom. The Morgan fingerprint density at radius 3 is 2.86 bits per heavy atom. The number of methoxy groups -OCH3 is 1. The van der Waals surface area contributed by atoms with Crippen LogP contribution in [0.25, 0.3) is 0 Å². The van der Waals surface area contributed by atoms with Gasteiger partial charge in [0, 0.05) is 6.92 Å². The van der Waals surface area contributed by atoms with Crippen molar-refractivity contribution in [3.05, 3.63) is 36.0 Å². The molecule has 2 heterocycles. The summed E-state index contributed by atoms with van der Waals surface area (Å²) in [6.07, 6.45) is 0. The number of aryl methyl sites for hydroxylation is 1. The molecule has 0 atom stereocenters. The average Bonchev–Trinajstić information content (AvgIpc) is 3.15. The molecular formula is C13H13N5O2S2. The molecule has 3 rings (SSSR count). The van der Waals surface area contributed by atoms with Crippen molar-refractivity contribution in [1.29, 1.82) is 0 Å². The molecule has 0 fully saturated rings. The van der Waals surface area contributed by atoms with Crippen molar-refractivity contribution in [2.24, 2.45) is 0 Å². The molecule has 3 aromatic rings. The summed E-state index contributed by atoms with van der Waals surface area (Å²) in [6, 6.07) is 7.66. The molecule has 1 aromatic carbocycles. The topological polar surface area (TPSA) is 86.0 Å². The summed E-state index contributed by atoms with van der Waals surface area (Å²) < 4.78 is 11.4. The highest BCUT2D eigenvalue weighted by Gasteiger charge is 2.10. The Kier molecular flexibility index (Phi) is 4.54. The number of hydrogen-bond acceptors (Lipinski definition) is 9. The van der Waals surface area contributed by atoms with Gasteiger partial charge in [-0.05, 0) is 12.1 Å². The number of thioether (sulfide) groups is 1. The summed E-state index contributed by atoms with van der Waals surface area (Å²) >= 11 is 2.96. The second-order valence-corrected chi connectivity index (χ2v) is 6.40. The van der Waals surface area contributed by atoms with Crippen LogP contribution in [0.4, 0.5) is 10.8 Å². The molecular weight excluding hydrogens is 322 g/mol. The van der Waals surface area contributed by atoms with Gasteiger partial charge in [0.25, 0.3) is 0 Å². The molecule has 0 saturated heterocycles. The number of ether oxygens (including phenoxy) is 1. The van der Waals surface area contributed by atoms with Crippen LogP contribution in [0, 0.1) is 6.92 Å². The molecule has 0 unspecified atom stereocenters. The maximum atomic E-state index is 5.32. The van der Waals surface area contributed by atoms with Crippen LogP contribution in [-0.4, -0.2) is 27.5 Å². The van der Waals surface area contributed by atoms with Crippen molar-refractivity contribution in [1.82, 2.24) is 20.4 Å². The fourth-order valence-corrected chi connectivity index (χ4v) is 3.30. The van der Waals surface area contributed by atoms with Gasteiger partial charge >= 0.3 is 0 Å². The quantitative estimate of drug-likeness (QED) is 0.687. The van der Waals surface area contributed by atoms with Crippen LogP contribution in [0.5, 0.6) is 5.75 Å². The fraction of sp³-hybridized carbons (Fsp3) is 0.231. The zero-order valence-corrected chi connectivity index (χ0v) is 13.6. The molecule has 0 aliphatic carbocycles. The monoisotopic (exact) mass is 335 g/mol. The SMILES string of the molecule is COc1ccccc1Nc1nnc(SCc2nnc(C)o2)s1. The second-order valence-electron chi connectivity index (χ2n) is 4.20. The molecule has 0 radical (unpaired) electrons. The number of nitrogens with zero attached hydrogens (tertiary/aromatic N) is 4. The Balaban J connectivity index is 1.63. The lowest BCUT2D eigenvalue weighted by Crippen LogP contribution is -1.93. The van der Waals surface area contributed by atoms with Gasteiger partial charge in [0.05, 0.1) is 18.6 Å². The van der Waals surface area contributed by atoms with E-state index in [1.54, 1.807) is 14.0 Å². The number of aromatic nitrogens is 4. The molecule has 114 valence electrons. The molecule has 22 heavy (non-hydrogen) atoms. The summed E-state index contributed by atoms with van der Waals surface area (Å²) in [4.78, 5) is 0. The molecule has 2 aromatic heterocycles. The Bertz CT molecular complexity index is 758. The van der Waals surface area contributed by atoms with Crippen molar-refractivity contribution in [3.63, 3.8) is 0 Å². The Morgan fingerprint density at radius 2 is 2.09 bits per heavy atom. The van der Waals surface area contributed by atoms with E-state index in [0.29, 0.717) is 22.7 Å². The van der Waals surface area contributed by atoms with E-state index >= 15 is 0 Å². The first-order valence-corrected chi connectivity index (χ1v) is 8.20. The first-order chi connectivity index (χ1) is 10.7. The molecule has 7 nitrogen and oxygen atoms in total. The highest BCUT2D eigenvalue weighted by atomic mass is 32.2. The van der Waals surface area contributed by atoms with E-state index < -0.39 is 0 Å². The summed E-state index contributed by atoms with van der Waals surface area (Å²) in [5, 5.41) is 19.9. The van der Waals surface area contributed by atoms with E-state index in [1.807, 2.05) is 24.3 Å². The van der Waals surface area contributed by atoms with Gasteiger partial charge in [-0.1, -0.05) is 35.2 Å². The van der Waals surface area contributed by atoms with Crippen molar-refractivity contribution in [3.8, 4) is 5.75 Å². The van der Waals surface area contributed by atoms with Gasteiger partial charge in [-0.2, -0.15) is 0 Å². The third-order valence-electron chi connectivity index (χ3n) is 2.64. The normalized spacial score (nSPS) is 10.6. The van der Waals surface area contributed by atoms with Gasteiger partial charge in [0.15, 0.2) is 4.34 Å². The van der Waals surface area contributed by atoms with Gasteiger partial charge in [0.2, 0.25) is 16.9 Å². The number of benzene rings is 1. The number of anilines is 2. The van der Waals surface area contributed by atoms with Crippen molar-refractivity contribution >= 4 is 33.9 Å². The van der Waals surface area contributed by atoms with E-state index in [4.69, 9.17) is 9.15 Å². The fourth-order valence-electron chi connectivity index (χ4n) is 1.70. The zero-order valence-electron chi connectivity index (χ0n) is 11.9. The van der Waals surface area contributed by atoms with E-state index in [2.05, 4.69) is 25.7 Å². The van der Waals surface area contributed by atoms with Gasteiger partial charge in [0.1, 0.15) is 5.75 Å². The molecule has 0 aliphatic rings. The number of hydrogen-bond donors (Lipinski definition) is 1. The van der Waals surface area contributed by atoms with Crippen LogP contribution in [0.15, 0.2) is 33.0 Å². The largest absolute Gasteiger partial charge is 0.495 e. The molecule has 0 bridgehead atoms. The van der Waals surface area contributed by atoms with Crippen molar-refractivity contribution < 1.29 is 9.15 Å². The van der Waals surface area contributed by atoms with Crippen LogP contribution in [0.3, 0.4) is 0 Å². The molecule has 0 aliphatic heterocycles. The minimum Gasteiger partial charge on any atom is -0.495 e. The van der Waals surface area contributed by atoms with Gasteiger partial charge < -0.3 is 14.5 Å². The molecule has 0 spiro atoms. The van der Waals surface area contributed by atoms with Crippen molar-refractivity contribution in [2.45, 2.75) is 17.0 Å². The van der Waals surface area contributed by atoms with Crippen LogP contribution in [0.2, 0.25) is 0 Å². The van der Waals surface area contributed by atoms with Crippen molar-refractivity contribution in [2.75, 3.05) is 12.4 Å². The molecule has 9 heteroatoms. The molecule has 0 saturated carbocycles. The second kappa shape index (κ2) is 6.75. The van der Waals surface area contributed by atoms with Gasteiger partial charge in [-0.15, -0.1) is 20.4 Å². The summed E-state index contributed by atoms with van der Waals surface area (Å²) in [5.41, 5.74) is 0.852. The Hall–Kier alpha value is -2.13. The van der Waals surface area contributed by atoms with Gasteiger partial charge in [-0.3, -0.25) is 0 Å². The maximum Gasteiger partial charge on any atom is 0.226 e. The standard InChI is InChI=1S/C13H13N5O2S2/c1-8-15-16-11(20-8)7-21-13-18-17-12(22-13)14-9-5-3-4-6-10(9)19-2/h3-6H,7H2,1-2H3,(H,14,17). The highest BCUT2D eigenvalue weighted by Crippen LogP contribution is 2.32. The average molecular weight is 335 g/mol. The maximum absolute atomic E-state index is 5.32. The van der Waals surface area contributed by atoms with Crippen LogP contribution >= 0.6 is 23.1 Å². The third kappa shape index (κ3) is 3.55.